The maximum absolute atomic E-state index is 12.5. The van der Waals surface area contributed by atoms with Crippen molar-refractivity contribution in [1.82, 2.24) is 15.2 Å². The lowest BCUT2D eigenvalue weighted by molar-refractivity contribution is 0.0492. The van der Waals surface area contributed by atoms with Crippen molar-refractivity contribution in [1.29, 1.82) is 0 Å². The van der Waals surface area contributed by atoms with Crippen molar-refractivity contribution >= 4 is 22.7 Å². The van der Waals surface area contributed by atoms with Gasteiger partial charge in [-0.3, -0.25) is 9.59 Å². The van der Waals surface area contributed by atoms with Crippen molar-refractivity contribution < 1.29 is 14.0 Å². The number of benzene rings is 1. The molecule has 4 rings (SSSR count). The lowest BCUT2D eigenvalue weighted by Gasteiger charge is -2.39. The maximum atomic E-state index is 12.5. The molecule has 0 radical (unpaired) electrons. The minimum atomic E-state index is -0.222. The second-order valence-electron chi connectivity index (χ2n) is 6.54. The summed E-state index contributed by atoms with van der Waals surface area (Å²) in [6.07, 6.45) is 1.47. The molecule has 2 N–H and O–H groups in total. The molecule has 0 aliphatic carbocycles. The highest BCUT2D eigenvalue weighted by Crippen LogP contribution is 2.22. The van der Waals surface area contributed by atoms with Crippen LogP contribution in [0.25, 0.3) is 10.9 Å². The molecule has 1 aliphatic heterocycles. The molecule has 128 valence electrons. The van der Waals surface area contributed by atoms with Crippen LogP contribution in [0, 0.1) is 12.8 Å². The molecule has 3 heterocycles. The van der Waals surface area contributed by atoms with E-state index in [2.05, 4.69) is 10.3 Å². The highest BCUT2D eigenvalue weighted by molar-refractivity contribution is 5.98. The van der Waals surface area contributed by atoms with Crippen molar-refractivity contribution in [2.24, 2.45) is 5.92 Å². The standard InChI is InChI=1S/C19H19N3O3/c1-12-4-5-14-8-16(21-15(14)7-12)19(24)22-10-13(11-22)9-20-18(23)17-3-2-6-25-17/h2-8,13,21H,9-11H2,1H3,(H,20,23). The van der Waals surface area contributed by atoms with Crippen molar-refractivity contribution in [3.05, 3.63) is 59.7 Å². The van der Waals surface area contributed by atoms with Crippen LogP contribution < -0.4 is 5.32 Å². The van der Waals surface area contributed by atoms with E-state index in [0.29, 0.717) is 31.1 Å². The normalized spacial score (nSPS) is 14.5. The number of fused-ring (bicyclic) bond motifs is 1. The summed E-state index contributed by atoms with van der Waals surface area (Å²) in [5.41, 5.74) is 2.74. The molecule has 25 heavy (non-hydrogen) atoms. The fourth-order valence-electron chi connectivity index (χ4n) is 3.12. The van der Waals surface area contributed by atoms with Crippen molar-refractivity contribution in [2.75, 3.05) is 19.6 Å². The molecule has 0 unspecified atom stereocenters. The van der Waals surface area contributed by atoms with E-state index in [1.807, 2.05) is 31.2 Å². The van der Waals surface area contributed by atoms with Gasteiger partial charge in [0.15, 0.2) is 5.76 Å². The second kappa shape index (κ2) is 6.12. The molecule has 3 aromatic rings. The van der Waals surface area contributed by atoms with Crippen LogP contribution in [-0.4, -0.2) is 41.3 Å². The van der Waals surface area contributed by atoms with Gasteiger partial charge in [0.1, 0.15) is 5.69 Å². The minimum Gasteiger partial charge on any atom is -0.459 e. The first-order valence-corrected chi connectivity index (χ1v) is 8.30. The van der Waals surface area contributed by atoms with E-state index in [-0.39, 0.29) is 17.7 Å². The average molecular weight is 337 g/mol. The summed E-state index contributed by atoms with van der Waals surface area (Å²) in [4.78, 5) is 29.4. The average Bonchev–Trinajstić information content (AvgIpc) is 3.21. The van der Waals surface area contributed by atoms with Crippen LogP contribution in [0.1, 0.15) is 26.6 Å². The number of hydrogen-bond donors (Lipinski definition) is 2. The third-order valence-electron chi connectivity index (χ3n) is 4.55. The lowest BCUT2D eigenvalue weighted by Crippen LogP contribution is -2.53. The van der Waals surface area contributed by atoms with E-state index in [9.17, 15) is 9.59 Å². The SMILES string of the molecule is Cc1ccc2cc(C(=O)N3CC(CNC(=O)c4ccco4)C3)[nH]c2c1. The first kappa shape index (κ1) is 15.5. The molecular formula is C19H19N3O3. The zero-order valence-electron chi connectivity index (χ0n) is 13.9. The molecule has 1 aliphatic rings. The number of aromatic amines is 1. The summed E-state index contributed by atoms with van der Waals surface area (Å²) in [5.74, 6) is 0.360. The van der Waals surface area contributed by atoms with Crippen molar-refractivity contribution in [3.8, 4) is 0 Å². The van der Waals surface area contributed by atoms with Gasteiger partial charge in [0.05, 0.1) is 6.26 Å². The van der Waals surface area contributed by atoms with Gasteiger partial charge in [-0.1, -0.05) is 12.1 Å². The predicted octanol–water partition coefficient (Wildman–Crippen LogP) is 2.57. The number of rotatable bonds is 4. The molecule has 6 heteroatoms. The minimum absolute atomic E-state index is 0.00228. The Hall–Kier alpha value is -3.02. The Kier molecular flexibility index (Phi) is 3.80. The number of nitrogens with zero attached hydrogens (tertiary/aromatic N) is 1. The topological polar surface area (TPSA) is 78.3 Å². The van der Waals surface area contributed by atoms with E-state index in [1.54, 1.807) is 17.0 Å². The number of furan rings is 1. The summed E-state index contributed by atoms with van der Waals surface area (Å²) in [5, 5.41) is 3.87. The monoisotopic (exact) mass is 337 g/mol. The van der Waals surface area contributed by atoms with Gasteiger partial charge in [0, 0.05) is 36.5 Å². The molecule has 0 atom stereocenters. The third kappa shape index (κ3) is 3.03. The molecule has 2 aromatic heterocycles. The Morgan fingerprint density at radius 3 is 2.88 bits per heavy atom. The van der Waals surface area contributed by atoms with Crippen LogP contribution in [0.15, 0.2) is 47.1 Å². The molecule has 0 saturated carbocycles. The van der Waals surface area contributed by atoms with Gasteiger partial charge >= 0.3 is 0 Å². The summed E-state index contributed by atoms with van der Waals surface area (Å²) < 4.78 is 5.05. The van der Waals surface area contributed by atoms with Crippen LogP contribution in [0.3, 0.4) is 0 Å². The molecular weight excluding hydrogens is 318 g/mol. The van der Waals surface area contributed by atoms with Gasteiger partial charge in [-0.15, -0.1) is 0 Å². The number of carbonyl (C=O) groups is 2. The van der Waals surface area contributed by atoms with E-state index >= 15 is 0 Å². The van der Waals surface area contributed by atoms with Gasteiger partial charge in [-0.2, -0.15) is 0 Å². The van der Waals surface area contributed by atoms with E-state index in [4.69, 9.17) is 4.42 Å². The van der Waals surface area contributed by atoms with Crippen LogP contribution in [0.4, 0.5) is 0 Å². The highest BCUT2D eigenvalue weighted by Gasteiger charge is 2.32. The predicted molar refractivity (Wildman–Crippen MR) is 93.5 cm³/mol. The zero-order valence-corrected chi connectivity index (χ0v) is 13.9. The Morgan fingerprint density at radius 2 is 2.12 bits per heavy atom. The van der Waals surface area contributed by atoms with Crippen LogP contribution in [0.2, 0.25) is 0 Å². The van der Waals surface area contributed by atoms with Crippen molar-refractivity contribution in [2.45, 2.75) is 6.92 Å². The smallest absolute Gasteiger partial charge is 0.286 e. The number of amides is 2. The number of H-pyrrole nitrogens is 1. The molecule has 0 bridgehead atoms. The van der Waals surface area contributed by atoms with E-state index in [1.165, 1.54) is 6.26 Å². The highest BCUT2D eigenvalue weighted by atomic mass is 16.3. The van der Waals surface area contributed by atoms with Gasteiger partial charge < -0.3 is 19.6 Å². The van der Waals surface area contributed by atoms with Crippen LogP contribution in [-0.2, 0) is 0 Å². The Labute approximate surface area is 144 Å². The van der Waals surface area contributed by atoms with Crippen LogP contribution in [0.5, 0.6) is 0 Å². The van der Waals surface area contributed by atoms with E-state index < -0.39 is 0 Å². The zero-order chi connectivity index (χ0) is 17.4. The number of nitrogens with one attached hydrogen (secondary N) is 2. The van der Waals surface area contributed by atoms with Gasteiger partial charge in [0.2, 0.25) is 0 Å². The fraction of sp³-hybridized carbons (Fsp3) is 0.263. The number of hydrogen-bond acceptors (Lipinski definition) is 3. The first-order valence-electron chi connectivity index (χ1n) is 8.30. The largest absolute Gasteiger partial charge is 0.459 e. The fourth-order valence-corrected chi connectivity index (χ4v) is 3.12. The quantitative estimate of drug-likeness (QED) is 0.768. The lowest BCUT2D eigenvalue weighted by atomic mass is 9.99. The maximum Gasteiger partial charge on any atom is 0.286 e. The summed E-state index contributed by atoms with van der Waals surface area (Å²) in [6, 6.07) is 11.3. The molecule has 1 fully saturated rings. The molecule has 1 aromatic carbocycles. The van der Waals surface area contributed by atoms with Crippen molar-refractivity contribution in [3.63, 3.8) is 0 Å². The number of aryl methyl sites for hydroxylation is 1. The van der Waals surface area contributed by atoms with E-state index in [0.717, 1.165) is 16.5 Å². The molecule has 0 spiro atoms. The Bertz CT molecular complexity index is 921. The van der Waals surface area contributed by atoms with Crippen LogP contribution >= 0.6 is 0 Å². The number of carbonyl (C=O) groups excluding carboxylic acids is 2. The molecule has 1 saturated heterocycles. The number of likely N-dealkylation sites (tertiary alicyclic amines) is 1. The third-order valence-corrected chi connectivity index (χ3v) is 4.55. The second-order valence-corrected chi connectivity index (χ2v) is 6.54. The van der Waals surface area contributed by atoms with Gasteiger partial charge in [-0.05, 0) is 36.8 Å². The summed E-state index contributed by atoms with van der Waals surface area (Å²) in [6.45, 7) is 3.85. The summed E-state index contributed by atoms with van der Waals surface area (Å²) in [7, 11) is 0. The Morgan fingerprint density at radius 1 is 1.28 bits per heavy atom. The summed E-state index contributed by atoms with van der Waals surface area (Å²) >= 11 is 0. The first-order chi connectivity index (χ1) is 12.1. The molecule has 2 amide bonds. The molecule has 6 nitrogen and oxygen atoms in total. The van der Waals surface area contributed by atoms with Gasteiger partial charge in [0.25, 0.3) is 11.8 Å². The van der Waals surface area contributed by atoms with Gasteiger partial charge in [-0.25, -0.2) is 0 Å². The number of aromatic nitrogens is 1. The Balaban J connectivity index is 1.32.